The summed E-state index contributed by atoms with van der Waals surface area (Å²) in [6.45, 7) is -0.364. The average Bonchev–Trinajstić information content (AvgIpc) is 3.06. The lowest BCUT2D eigenvalue weighted by atomic mass is 10.1. The molecule has 3 heterocycles. The Kier molecular flexibility index (Phi) is 6.53. The molecule has 1 unspecified atom stereocenters. The maximum Gasteiger partial charge on any atom is 0.404 e. The fourth-order valence-electron chi connectivity index (χ4n) is 3.76. The molecule has 0 radical (unpaired) electrons. The number of nitrogens with two attached hydrogens (primary N) is 1. The van der Waals surface area contributed by atoms with Gasteiger partial charge in [-0.3, -0.25) is 14.6 Å². The van der Waals surface area contributed by atoms with E-state index in [1.165, 1.54) is 18.5 Å². The number of nitrogens with zero attached hydrogens (tertiary/aromatic N) is 4. The van der Waals surface area contributed by atoms with Gasteiger partial charge in [-0.05, 0) is 6.07 Å². The second kappa shape index (κ2) is 9.11. The zero-order chi connectivity index (χ0) is 22.6. The summed E-state index contributed by atoms with van der Waals surface area (Å²) in [5.74, 6) is -4.44. The molecule has 3 amide bonds. The van der Waals surface area contributed by atoms with Crippen LogP contribution in [-0.2, 0) is 9.53 Å². The minimum absolute atomic E-state index is 0.264. The lowest BCUT2D eigenvalue weighted by molar-refractivity contribution is -0.131. The number of carbonyl (C=O) groups excluding carboxylic acids is 3. The Morgan fingerprint density at radius 2 is 2.06 bits per heavy atom. The van der Waals surface area contributed by atoms with Crippen molar-refractivity contribution in [2.75, 3.05) is 31.1 Å². The first-order chi connectivity index (χ1) is 14.7. The normalized spacial score (nSPS) is 20.7. The van der Waals surface area contributed by atoms with Crippen molar-refractivity contribution < 1.29 is 27.9 Å². The van der Waals surface area contributed by atoms with Crippen LogP contribution in [0, 0.1) is 11.3 Å². The van der Waals surface area contributed by atoms with E-state index in [1.807, 2.05) is 4.90 Å². The van der Waals surface area contributed by atoms with Gasteiger partial charge in [-0.1, -0.05) is 0 Å². The molecule has 3 N–H and O–H groups in total. The van der Waals surface area contributed by atoms with Crippen molar-refractivity contribution in [2.24, 2.45) is 5.73 Å². The molecule has 0 spiro atoms. The van der Waals surface area contributed by atoms with Gasteiger partial charge >= 0.3 is 6.09 Å². The second-order valence-corrected chi connectivity index (χ2v) is 7.43. The van der Waals surface area contributed by atoms with E-state index in [0.717, 1.165) is 4.90 Å². The molecule has 3 rings (SSSR count). The van der Waals surface area contributed by atoms with Crippen LogP contribution in [0.15, 0.2) is 18.5 Å². The molecule has 31 heavy (non-hydrogen) atoms. The molecule has 10 nitrogen and oxygen atoms in total. The number of hydrogen-bond donors (Lipinski definition) is 2. The number of nitrogens with one attached hydrogen (secondary N) is 1. The third-order valence-corrected chi connectivity index (χ3v) is 5.25. The number of nitriles is 1. The summed E-state index contributed by atoms with van der Waals surface area (Å²) in [6, 6.07) is 1.96. The number of primary amides is 1. The first-order valence-corrected chi connectivity index (χ1v) is 9.70. The zero-order valence-corrected chi connectivity index (χ0v) is 16.6. The van der Waals surface area contributed by atoms with Crippen molar-refractivity contribution in [1.82, 2.24) is 15.2 Å². The van der Waals surface area contributed by atoms with Crippen LogP contribution in [0.3, 0.4) is 0 Å². The van der Waals surface area contributed by atoms with Crippen molar-refractivity contribution >= 4 is 23.6 Å². The lowest BCUT2D eigenvalue weighted by Gasteiger charge is -2.33. The molecular formula is C19H22F2N6O4. The minimum Gasteiger partial charge on any atom is -0.446 e. The predicted octanol–water partition coefficient (Wildman–Crippen LogP) is 0.635. The number of hydrogen-bond acceptors (Lipinski definition) is 7. The van der Waals surface area contributed by atoms with E-state index < -0.39 is 49.4 Å². The summed E-state index contributed by atoms with van der Waals surface area (Å²) in [5.41, 5.74) is 5.84. The third-order valence-electron chi connectivity index (χ3n) is 5.25. The maximum atomic E-state index is 13.5. The number of amides is 3. The highest BCUT2D eigenvalue weighted by atomic mass is 19.3. The number of ether oxygens (including phenoxy) is 1. The number of rotatable bonds is 5. The Balaban J connectivity index is 1.61. The van der Waals surface area contributed by atoms with Crippen LogP contribution in [0.4, 0.5) is 19.3 Å². The van der Waals surface area contributed by atoms with Gasteiger partial charge in [-0.25, -0.2) is 13.6 Å². The minimum atomic E-state index is -3.12. The molecule has 2 aliphatic rings. The summed E-state index contributed by atoms with van der Waals surface area (Å²) < 4.78 is 32.1. The van der Waals surface area contributed by atoms with Gasteiger partial charge in [0.25, 0.3) is 11.8 Å². The van der Waals surface area contributed by atoms with Crippen LogP contribution in [0.25, 0.3) is 0 Å². The van der Waals surface area contributed by atoms with Crippen LogP contribution in [0.2, 0.25) is 0 Å². The number of carbonyl (C=O) groups is 3. The number of alkyl halides is 2. The van der Waals surface area contributed by atoms with E-state index in [9.17, 15) is 23.2 Å². The molecule has 2 fully saturated rings. The van der Waals surface area contributed by atoms with Gasteiger partial charge in [0.05, 0.1) is 36.6 Å². The topological polar surface area (TPSA) is 142 Å². The summed E-state index contributed by atoms with van der Waals surface area (Å²) in [5, 5.41) is 11.4. The molecule has 2 aliphatic heterocycles. The number of piperidine rings is 1. The summed E-state index contributed by atoms with van der Waals surface area (Å²) >= 11 is 0. The highest BCUT2D eigenvalue weighted by molar-refractivity contribution is 6.01. The van der Waals surface area contributed by atoms with Crippen molar-refractivity contribution in [3.8, 4) is 6.07 Å². The van der Waals surface area contributed by atoms with Gasteiger partial charge in [0.2, 0.25) is 5.91 Å². The monoisotopic (exact) mass is 436 g/mol. The van der Waals surface area contributed by atoms with E-state index in [0.29, 0.717) is 31.6 Å². The van der Waals surface area contributed by atoms with Crippen LogP contribution in [0.5, 0.6) is 0 Å². The van der Waals surface area contributed by atoms with E-state index in [4.69, 9.17) is 15.7 Å². The largest absolute Gasteiger partial charge is 0.446 e. The Bertz CT molecular complexity index is 898. The Morgan fingerprint density at radius 1 is 1.35 bits per heavy atom. The Morgan fingerprint density at radius 3 is 2.71 bits per heavy atom. The van der Waals surface area contributed by atoms with E-state index in [2.05, 4.69) is 10.3 Å². The summed E-state index contributed by atoms with van der Waals surface area (Å²) in [6.07, 6.45) is 2.14. The number of pyridine rings is 1. The van der Waals surface area contributed by atoms with Gasteiger partial charge in [-0.2, -0.15) is 5.26 Å². The van der Waals surface area contributed by atoms with Gasteiger partial charge in [0.15, 0.2) is 0 Å². The third kappa shape index (κ3) is 5.36. The zero-order valence-electron chi connectivity index (χ0n) is 16.6. The van der Waals surface area contributed by atoms with Gasteiger partial charge in [-0.15, -0.1) is 0 Å². The van der Waals surface area contributed by atoms with Crippen molar-refractivity contribution in [3.05, 3.63) is 24.0 Å². The summed E-state index contributed by atoms with van der Waals surface area (Å²) in [4.78, 5) is 42.6. The molecule has 12 heteroatoms. The fraction of sp³-hybridized carbons (Fsp3) is 0.526. The van der Waals surface area contributed by atoms with Gasteiger partial charge < -0.3 is 25.6 Å². The van der Waals surface area contributed by atoms with Crippen molar-refractivity contribution in [1.29, 1.82) is 5.26 Å². The number of halogens is 2. The van der Waals surface area contributed by atoms with E-state index in [-0.39, 0.29) is 11.7 Å². The second-order valence-electron chi connectivity index (χ2n) is 7.43. The number of likely N-dealkylation sites (tertiary alicyclic amines) is 1. The predicted molar refractivity (Wildman–Crippen MR) is 103 cm³/mol. The van der Waals surface area contributed by atoms with Crippen LogP contribution in [0.1, 0.15) is 29.6 Å². The first-order valence-electron chi connectivity index (χ1n) is 9.70. The van der Waals surface area contributed by atoms with E-state index in [1.54, 1.807) is 6.07 Å². The highest BCUT2D eigenvalue weighted by Crippen LogP contribution is 2.31. The molecule has 0 aromatic carbocycles. The highest BCUT2D eigenvalue weighted by Gasteiger charge is 2.47. The van der Waals surface area contributed by atoms with Crippen LogP contribution in [-0.4, -0.2) is 72.0 Å². The maximum absolute atomic E-state index is 13.5. The molecule has 0 saturated carbocycles. The molecule has 0 aliphatic carbocycles. The van der Waals surface area contributed by atoms with E-state index >= 15 is 0 Å². The smallest absolute Gasteiger partial charge is 0.404 e. The lowest BCUT2D eigenvalue weighted by Crippen LogP contribution is -2.43. The first kappa shape index (κ1) is 22.2. The SMILES string of the molecule is N#CC1CC(F)(F)CN1C(=O)CNC(=O)c1ccncc1N1CCC(OC(N)=O)CC1. The molecule has 1 aromatic rings. The van der Waals surface area contributed by atoms with Crippen molar-refractivity contribution in [3.63, 3.8) is 0 Å². The average molecular weight is 436 g/mol. The summed E-state index contributed by atoms with van der Waals surface area (Å²) in [7, 11) is 0. The van der Waals surface area contributed by atoms with Gasteiger partial charge in [0.1, 0.15) is 12.1 Å². The quantitative estimate of drug-likeness (QED) is 0.690. The fourth-order valence-corrected chi connectivity index (χ4v) is 3.76. The van der Waals surface area contributed by atoms with Crippen LogP contribution >= 0.6 is 0 Å². The molecule has 0 bridgehead atoms. The molecule has 1 atom stereocenters. The molecule has 2 saturated heterocycles. The Hall–Kier alpha value is -3.49. The number of anilines is 1. The van der Waals surface area contributed by atoms with Crippen LogP contribution < -0.4 is 16.0 Å². The molecule has 1 aromatic heterocycles. The standard InChI is InChI=1S/C19H22F2N6O4/c20-19(21)7-12(8-22)27(11-19)16(28)10-25-17(29)14-1-4-24-9-15(14)26-5-2-13(3-6-26)31-18(23)30/h1,4,9,12-13H,2-3,5-7,10-11H2,(H2,23,30)(H,25,29). The Labute approximate surface area is 176 Å². The molecular weight excluding hydrogens is 414 g/mol. The number of aromatic nitrogens is 1. The molecule has 166 valence electrons. The van der Waals surface area contributed by atoms with Gasteiger partial charge in [0, 0.05) is 38.5 Å². The van der Waals surface area contributed by atoms with Crippen molar-refractivity contribution in [2.45, 2.75) is 37.3 Å².